The van der Waals surface area contributed by atoms with Crippen molar-refractivity contribution in [1.29, 1.82) is 0 Å². The summed E-state index contributed by atoms with van der Waals surface area (Å²) in [5, 5.41) is 11.8. The van der Waals surface area contributed by atoms with Gasteiger partial charge in [0.05, 0.1) is 13.7 Å². The Kier molecular flexibility index (Phi) is 10.1. The van der Waals surface area contributed by atoms with Crippen LogP contribution >= 0.6 is 12.4 Å². The number of carbonyl (C=O) groups is 2. The number of benzene rings is 1. The van der Waals surface area contributed by atoms with Crippen molar-refractivity contribution in [3.8, 4) is 5.75 Å². The third-order valence-corrected chi connectivity index (χ3v) is 4.83. The summed E-state index contributed by atoms with van der Waals surface area (Å²) in [6.07, 6.45) is 3.40. The van der Waals surface area contributed by atoms with Crippen LogP contribution in [0.2, 0.25) is 0 Å². The van der Waals surface area contributed by atoms with Crippen molar-refractivity contribution in [1.82, 2.24) is 9.80 Å². The number of rotatable bonds is 8. The maximum Gasteiger partial charge on any atom is 0.317 e. The normalized spacial score (nSPS) is 17.7. The molecular formula is C19H30ClN3O4. The van der Waals surface area contributed by atoms with Gasteiger partial charge in [-0.3, -0.25) is 14.5 Å². The molecule has 152 valence electrons. The molecule has 1 amide bonds. The topological polar surface area (TPSA) is 82.1 Å². The number of carboxylic acid groups (broad SMARTS) is 1. The first-order valence-electron chi connectivity index (χ1n) is 9.06. The van der Waals surface area contributed by atoms with Gasteiger partial charge in [-0.1, -0.05) is 0 Å². The van der Waals surface area contributed by atoms with Gasteiger partial charge in [-0.15, -0.1) is 12.4 Å². The largest absolute Gasteiger partial charge is 0.497 e. The highest BCUT2D eigenvalue weighted by Crippen LogP contribution is 2.17. The van der Waals surface area contributed by atoms with Crippen LogP contribution in [0.4, 0.5) is 5.69 Å². The average molecular weight is 400 g/mol. The molecule has 1 unspecified atom stereocenters. The summed E-state index contributed by atoms with van der Waals surface area (Å²) < 4.78 is 5.10. The standard InChI is InChI=1S/C19H29N3O4.ClH/c1-21(14-19(24)25)16-4-3-11-22(12-9-16)13-10-18(23)20-15-5-7-17(26-2)8-6-15;/h5-8,16H,3-4,9-14H2,1-2H3,(H,20,23)(H,24,25);1H. The molecule has 1 atom stereocenters. The van der Waals surface area contributed by atoms with E-state index >= 15 is 0 Å². The van der Waals surface area contributed by atoms with E-state index in [4.69, 9.17) is 9.84 Å². The number of carboxylic acids is 1. The lowest BCUT2D eigenvalue weighted by atomic mass is 10.1. The molecule has 1 fully saturated rings. The van der Waals surface area contributed by atoms with Crippen molar-refractivity contribution in [2.75, 3.05) is 45.7 Å². The van der Waals surface area contributed by atoms with Gasteiger partial charge >= 0.3 is 5.97 Å². The number of nitrogens with zero attached hydrogens (tertiary/aromatic N) is 2. The number of halogens is 1. The van der Waals surface area contributed by atoms with E-state index in [1.807, 2.05) is 36.2 Å². The lowest BCUT2D eigenvalue weighted by molar-refractivity contribution is -0.138. The highest BCUT2D eigenvalue weighted by Gasteiger charge is 2.21. The zero-order chi connectivity index (χ0) is 18.9. The molecule has 0 saturated carbocycles. The number of carbonyl (C=O) groups excluding carboxylic acids is 1. The Balaban J connectivity index is 0.00000364. The highest BCUT2D eigenvalue weighted by atomic mass is 35.5. The number of ether oxygens (including phenoxy) is 1. The van der Waals surface area contributed by atoms with Crippen molar-refractivity contribution < 1.29 is 19.4 Å². The number of likely N-dealkylation sites (N-methyl/N-ethyl adjacent to an activating group) is 1. The molecule has 2 rings (SSSR count). The fourth-order valence-electron chi connectivity index (χ4n) is 3.30. The van der Waals surface area contributed by atoms with Crippen LogP contribution in [0, 0.1) is 0 Å². The smallest absolute Gasteiger partial charge is 0.317 e. The van der Waals surface area contributed by atoms with E-state index in [0.29, 0.717) is 12.5 Å². The molecular weight excluding hydrogens is 370 g/mol. The van der Waals surface area contributed by atoms with Crippen molar-refractivity contribution in [2.45, 2.75) is 31.7 Å². The predicted octanol–water partition coefficient (Wildman–Crippen LogP) is 2.32. The minimum atomic E-state index is -0.788. The lowest BCUT2D eigenvalue weighted by Gasteiger charge is -2.25. The fourth-order valence-corrected chi connectivity index (χ4v) is 3.30. The summed E-state index contributed by atoms with van der Waals surface area (Å²) in [6.45, 7) is 2.64. The second-order valence-corrected chi connectivity index (χ2v) is 6.76. The van der Waals surface area contributed by atoms with E-state index in [1.165, 1.54) is 0 Å². The molecule has 8 heteroatoms. The number of anilines is 1. The average Bonchev–Trinajstić information content (AvgIpc) is 2.86. The van der Waals surface area contributed by atoms with Crippen LogP contribution in [0.3, 0.4) is 0 Å². The van der Waals surface area contributed by atoms with E-state index in [1.54, 1.807) is 7.11 Å². The Morgan fingerprint density at radius 2 is 1.96 bits per heavy atom. The minimum absolute atomic E-state index is 0. The Bertz CT molecular complexity index is 597. The molecule has 0 spiro atoms. The summed E-state index contributed by atoms with van der Waals surface area (Å²) in [4.78, 5) is 27.2. The second kappa shape index (κ2) is 11.8. The van der Waals surface area contributed by atoms with Crippen molar-refractivity contribution in [3.05, 3.63) is 24.3 Å². The van der Waals surface area contributed by atoms with Gasteiger partial charge in [0.1, 0.15) is 5.75 Å². The molecule has 0 radical (unpaired) electrons. The van der Waals surface area contributed by atoms with Crippen LogP contribution in [-0.4, -0.2) is 73.2 Å². The number of hydrogen-bond acceptors (Lipinski definition) is 5. The molecule has 2 N–H and O–H groups in total. The van der Waals surface area contributed by atoms with Gasteiger partial charge in [-0.25, -0.2) is 0 Å². The van der Waals surface area contributed by atoms with Gasteiger partial charge < -0.3 is 20.1 Å². The molecule has 1 heterocycles. The van der Waals surface area contributed by atoms with Crippen molar-refractivity contribution >= 4 is 30.0 Å². The Morgan fingerprint density at radius 3 is 2.59 bits per heavy atom. The molecule has 1 aromatic rings. The number of nitrogens with one attached hydrogen (secondary N) is 1. The summed E-state index contributed by atoms with van der Waals surface area (Å²) >= 11 is 0. The maximum atomic E-state index is 12.1. The third kappa shape index (κ3) is 8.15. The van der Waals surface area contributed by atoms with Gasteiger partial charge in [0, 0.05) is 24.7 Å². The van der Waals surface area contributed by atoms with Gasteiger partial charge in [-0.2, -0.15) is 0 Å². The van der Waals surface area contributed by atoms with E-state index in [-0.39, 0.29) is 24.9 Å². The Morgan fingerprint density at radius 1 is 1.26 bits per heavy atom. The highest BCUT2D eigenvalue weighted by molar-refractivity contribution is 5.90. The van der Waals surface area contributed by atoms with Crippen LogP contribution in [0.25, 0.3) is 0 Å². The Hall–Kier alpha value is -1.83. The van der Waals surface area contributed by atoms with Crippen LogP contribution in [0.15, 0.2) is 24.3 Å². The van der Waals surface area contributed by atoms with E-state index < -0.39 is 5.97 Å². The lowest BCUT2D eigenvalue weighted by Crippen LogP contribution is -2.36. The molecule has 1 saturated heterocycles. The number of hydrogen-bond donors (Lipinski definition) is 2. The van der Waals surface area contributed by atoms with Crippen LogP contribution in [-0.2, 0) is 9.59 Å². The molecule has 1 aromatic carbocycles. The zero-order valence-electron chi connectivity index (χ0n) is 16.0. The maximum absolute atomic E-state index is 12.1. The molecule has 0 aromatic heterocycles. The van der Waals surface area contributed by atoms with Crippen LogP contribution < -0.4 is 10.1 Å². The first kappa shape index (κ1) is 23.2. The summed E-state index contributed by atoms with van der Waals surface area (Å²) in [6, 6.07) is 7.58. The minimum Gasteiger partial charge on any atom is -0.497 e. The molecule has 27 heavy (non-hydrogen) atoms. The molecule has 0 bridgehead atoms. The summed E-state index contributed by atoms with van der Waals surface area (Å²) in [5.41, 5.74) is 0.766. The molecule has 7 nitrogen and oxygen atoms in total. The van der Waals surface area contributed by atoms with E-state index in [9.17, 15) is 9.59 Å². The molecule has 1 aliphatic heterocycles. The fraction of sp³-hybridized carbons (Fsp3) is 0.579. The summed E-state index contributed by atoms with van der Waals surface area (Å²) in [7, 11) is 3.48. The van der Waals surface area contributed by atoms with Gasteiger partial charge in [0.15, 0.2) is 0 Å². The predicted molar refractivity (Wildman–Crippen MR) is 108 cm³/mol. The monoisotopic (exact) mass is 399 g/mol. The Labute approximate surface area is 167 Å². The number of likely N-dealkylation sites (tertiary alicyclic amines) is 1. The van der Waals surface area contributed by atoms with E-state index in [0.717, 1.165) is 50.3 Å². The quantitative estimate of drug-likeness (QED) is 0.698. The van der Waals surface area contributed by atoms with Gasteiger partial charge in [-0.05, 0) is 63.7 Å². The van der Waals surface area contributed by atoms with E-state index in [2.05, 4.69) is 10.2 Å². The molecule has 0 aliphatic carbocycles. The van der Waals surface area contributed by atoms with Crippen LogP contribution in [0.5, 0.6) is 5.75 Å². The first-order valence-corrected chi connectivity index (χ1v) is 9.06. The number of aliphatic carboxylic acids is 1. The summed E-state index contributed by atoms with van der Waals surface area (Å²) in [5.74, 6) is -0.0299. The SMILES string of the molecule is COc1ccc(NC(=O)CCN2CCCC(N(C)CC(=O)O)CC2)cc1.Cl. The molecule has 1 aliphatic rings. The zero-order valence-corrected chi connectivity index (χ0v) is 16.8. The number of methoxy groups -OCH3 is 1. The number of amides is 1. The van der Waals surface area contributed by atoms with Crippen molar-refractivity contribution in [3.63, 3.8) is 0 Å². The first-order chi connectivity index (χ1) is 12.5. The van der Waals surface area contributed by atoms with Crippen LogP contribution in [0.1, 0.15) is 25.7 Å². The van der Waals surface area contributed by atoms with Crippen molar-refractivity contribution in [2.24, 2.45) is 0 Å². The van der Waals surface area contributed by atoms with Gasteiger partial charge in [0.2, 0.25) is 5.91 Å². The third-order valence-electron chi connectivity index (χ3n) is 4.83. The second-order valence-electron chi connectivity index (χ2n) is 6.76. The van der Waals surface area contributed by atoms with Gasteiger partial charge in [0.25, 0.3) is 0 Å².